The summed E-state index contributed by atoms with van der Waals surface area (Å²) in [5.74, 6) is 0.555. The number of rotatable bonds is 5. The van der Waals surface area contributed by atoms with E-state index in [4.69, 9.17) is 16.3 Å². The Kier molecular flexibility index (Phi) is 5.28. The van der Waals surface area contributed by atoms with E-state index in [-0.39, 0.29) is 18.1 Å². The average molecular weight is 371 g/mol. The minimum absolute atomic E-state index is 0.189. The first kappa shape index (κ1) is 17.6. The van der Waals surface area contributed by atoms with E-state index in [0.717, 1.165) is 0 Å². The van der Waals surface area contributed by atoms with Gasteiger partial charge in [0.2, 0.25) is 5.56 Å². The van der Waals surface area contributed by atoms with Crippen molar-refractivity contribution in [1.29, 1.82) is 0 Å². The molecule has 26 heavy (non-hydrogen) atoms. The molecule has 3 rings (SSSR count). The van der Waals surface area contributed by atoms with Gasteiger partial charge >= 0.3 is 0 Å². The number of carbonyl (C=O) groups excluding carboxylic acids is 1. The Hall–Kier alpha value is -3.19. The first-order chi connectivity index (χ1) is 12.5. The molecule has 1 aromatic carbocycles. The predicted molar refractivity (Wildman–Crippen MR) is 97.5 cm³/mol. The van der Waals surface area contributed by atoms with Crippen LogP contribution >= 0.6 is 11.6 Å². The van der Waals surface area contributed by atoms with Crippen LogP contribution in [-0.4, -0.2) is 20.7 Å². The van der Waals surface area contributed by atoms with E-state index in [9.17, 15) is 9.59 Å². The highest BCUT2D eigenvalue weighted by Crippen LogP contribution is 2.18. The summed E-state index contributed by atoms with van der Waals surface area (Å²) in [7, 11) is 1.58. The van der Waals surface area contributed by atoms with Crippen LogP contribution in [0.2, 0.25) is 5.02 Å². The molecule has 7 nitrogen and oxygen atoms in total. The van der Waals surface area contributed by atoms with Crippen LogP contribution in [-0.2, 0) is 13.7 Å². The average Bonchev–Trinajstić information content (AvgIpc) is 2.63. The molecule has 0 radical (unpaired) electrons. The number of anilines is 1. The lowest BCUT2D eigenvalue weighted by Crippen LogP contribution is -2.20. The van der Waals surface area contributed by atoms with Crippen molar-refractivity contribution < 1.29 is 9.53 Å². The van der Waals surface area contributed by atoms with Crippen LogP contribution in [0.5, 0.6) is 5.75 Å². The van der Waals surface area contributed by atoms with Crippen molar-refractivity contribution in [3.05, 3.63) is 81.4 Å². The normalized spacial score (nSPS) is 10.4. The van der Waals surface area contributed by atoms with Crippen LogP contribution in [0.1, 0.15) is 16.1 Å². The molecule has 8 heteroatoms. The number of ether oxygens (including phenoxy) is 1. The van der Waals surface area contributed by atoms with Crippen molar-refractivity contribution in [2.45, 2.75) is 6.61 Å². The number of hydrogen-bond acceptors (Lipinski definition) is 5. The summed E-state index contributed by atoms with van der Waals surface area (Å²) in [4.78, 5) is 23.5. The van der Waals surface area contributed by atoms with Crippen molar-refractivity contribution in [2.24, 2.45) is 7.05 Å². The topological polar surface area (TPSA) is 86.1 Å². The predicted octanol–water partition coefficient (Wildman–Crippen LogP) is 2.66. The Morgan fingerprint density at radius 1 is 1.19 bits per heavy atom. The molecule has 1 N–H and O–H groups in total. The van der Waals surface area contributed by atoms with Crippen molar-refractivity contribution >= 4 is 23.3 Å². The Labute approximate surface area is 154 Å². The van der Waals surface area contributed by atoms with E-state index < -0.39 is 0 Å². The molecule has 0 atom stereocenters. The highest BCUT2D eigenvalue weighted by molar-refractivity contribution is 6.30. The highest BCUT2D eigenvalue weighted by Gasteiger charge is 2.08. The summed E-state index contributed by atoms with van der Waals surface area (Å²) >= 11 is 5.90. The summed E-state index contributed by atoms with van der Waals surface area (Å²) in [6, 6.07) is 13.2. The van der Waals surface area contributed by atoms with Gasteiger partial charge in [-0.05, 0) is 36.4 Å². The third-order valence-corrected chi connectivity index (χ3v) is 3.73. The zero-order chi connectivity index (χ0) is 18.5. The van der Waals surface area contributed by atoms with E-state index in [2.05, 4.69) is 15.5 Å². The van der Waals surface area contributed by atoms with Crippen molar-refractivity contribution in [3.8, 4) is 5.75 Å². The van der Waals surface area contributed by atoms with Gasteiger partial charge in [-0.2, -0.15) is 0 Å². The first-order valence-electron chi connectivity index (χ1n) is 7.70. The Morgan fingerprint density at radius 2 is 2.04 bits per heavy atom. The second-order valence-corrected chi connectivity index (χ2v) is 5.91. The summed E-state index contributed by atoms with van der Waals surface area (Å²) in [5.41, 5.74) is 0.762. The molecule has 0 aliphatic carbocycles. The molecule has 2 aromatic heterocycles. The van der Waals surface area contributed by atoms with Gasteiger partial charge in [-0.3, -0.25) is 9.59 Å². The van der Waals surface area contributed by atoms with E-state index in [1.807, 2.05) is 0 Å². The molecule has 0 spiro atoms. The number of nitrogens with zero attached hydrogens (tertiary/aromatic N) is 3. The number of carbonyl (C=O) groups is 1. The molecular weight excluding hydrogens is 356 g/mol. The number of aryl methyl sites for hydroxylation is 1. The van der Waals surface area contributed by atoms with Gasteiger partial charge in [-0.25, -0.2) is 0 Å². The molecule has 1 amide bonds. The minimum Gasteiger partial charge on any atom is -0.487 e. The molecule has 0 aliphatic rings. The van der Waals surface area contributed by atoms with Crippen LogP contribution in [0.4, 0.5) is 5.82 Å². The number of benzene rings is 1. The summed E-state index contributed by atoms with van der Waals surface area (Å²) in [6.45, 7) is 0.225. The molecule has 2 heterocycles. The van der Waals surface area contributed by atoms with Crippen LogP contribution in [0.3, 0.4) is 0 Å². The number of pyridine rings is 1. The largest absolute Gasteiger partial charge is 0.487 e. The SMILES string of the molecule is Cn1cc(C(=O)Nc2ccc(COc3cccc(Cl)c3)nn2)ccc1=O. The number of nitrogens with one attached hydrogen (secondary N) is 1. The molecular formula is C18H15ClN4O3. The second-order valence-electron chi connectivity index (χ2n) is 5.48. The molecule has 0 unspecified atom stereocenters. The fraction of sp³-hybridized carbons (Fsp3) is 0.111. The first-order valence-corrected chi connectivity index (χ1v) is 8.08. The number of hydrogen-bond donors (Lipinski definition) is 1. The number of halogens is 1. The van der Waals surface area contributed by atoms with Gasteiger partial charge in [-0.1, -0.05) is 17.7 Å². The monoisotopic (exact) mass is 370 g/mol. The second kappa shape index (κ2) is 7.79. The molecule has 132 valence electrons. The van der Waals surface area contributed by atoms with Gasteiger partial charge in [0.25, 0.3) is 5.91 Å². The Balaban J connectivity index is 1.61. The summed E-state index contributed by atoms with van der Waals surface area (Å²) in [6.07, 6.45) is 1.46. The van der Waals surface area contributed by atoms with E-state index in [1.165, 1.54) is 22.9 Å². The molecule has 0 fully saturated rings. The van der Waals surface area contributed by atoms with E-state index in [0.29, 0.717) is 27.8 Å². The summed E-state index contributed by atoms with van der Waals surface area (Å²) in [5, 5.41) is 11.2. The Morgan fingerprint density at radius 3 is 2.73 bits per heavy atom. The lowest BCUT2D eigenvalue weighted by molar-refractivity contribution is 0.102. The maximum absolute atomic E-state index is 12.2. The number of aromatic nitrogens is 3. The molecule has 3 aromatic rings. The van der Waals surface area contributed by atoms with E-state index in [1.54, 1.807) is 43.4 Å². The summed E-state index contributed by atoms with van der Waals surface area (Å²) < 4.78 is 6.91. The smallest absolute Gasteiger partial charge is 0.258 e. The van der Waals surface area contributed by atoms with Crippen LogP contribution in [0.15, 0.2) is 59.5 Å². The lowest BCUT2D eigenvalue weighted by atomic mass is 10.2. The van der Waals surface area contributed by atoms with Crippen molar-refractivity contribution in [3.63, 3.8) is 0 Å². The van der Waals surface area contributed by atoms with Gasteiger partial charge in [0, 0.05) is 24.3 Å². The van der Waals surface area contributed by atoms with Gasteiger partial charge in [0.1, 0.15) is 18.1 Å². The van der Waals surface area contributed by atoms with E-state index >= 15 is 0 Å². The highest BCUT2D eigenvalue weighted by atomic mass is 35.5. The van der Waals surface area contributed by atoms with Gasteiger partial charge in [0.05, 0.1) is 5.56 Å². The Bertz CT molecular complexity index is 986. The van der Waals surface area contributed by atoms with Gasteiger partial charge in [0.15, 0.2) is 5.82 Å². The van der Waals surface area contributed by atoms with Crippen LogP contribution < -0.4 is 15.6 Å². The van der Waals surface area contributed by atoms with Crippen molar-refractivity contribution in [2.75, 3.05) is 5.32 Å². The zero-order valence-corrected chi connectivity index (χ0v) is 14.6. The van der Waals surface area contributed by atoms with Gasteiger partial charge in [-0.15, -0.1) is 10.2 Å². The van der Waals surface area contributed by atoms with Crippen LogP contribution in [0, 0.1) is 0 Å². The molecule has 0 saturated heterocycles. The molecule has 0 bridgehead atoms. The molecule has 0 saturated carbocycles. The third-order valence-electron chi connectivity index (χ3n) is 3.49. The maximum Gasteiger partial charge on any atom is 0.258 e. The fourth-order valence-electron chi connectivity index (χ4n) is 2.13. The quantitative estimate of drug-likeness (QED) is 0.746. The number of amides is 1. The third kappa shape index (κ3) is 4.46. The lowest BCUT2D eigenvalue weighted by Gasteiger charge is -2.07. The zero-order valence-electron chi connectivity index (χ0n) is 13.8. The van der Waals surface area contributed by atoms with Gasteiger partial charge < -0.3 is 14.6 Å². The maximum atomic E-state index is 12.2. The standard InChI is InChI=1S/C18H15ClN4O3/c1-23-10-12(5-8-17(23)24)18(25)20-16-7-6-14(21-22-16)11-26-15-4-2-3-13(19)9-15/h2-10H,11H2,1H3,(H,20,22,25). The fourth-order valence-corrected chi connectivity index (χ4v) is 2.31. The molecule has 0 aliphatic heterocycles. The van der Waals surface area contributed by atoms with Crippen LogP contribution in [0.25, 0.3) is 0 Å². The van der Waals surface area contributed by atoms with Crippen molar-refractivity contribution in [1.82, 2.24) is 14.8 Å². The minimum atomic E-state index is -0.377.